The predicted octanol–water partition coefficient (Wildman–Crippen LogP) is 4.67. The molecule has 0 radical (unpaired) electrons. The number of hydrogen-bond donors (Lipinski definition) is 1. The van der Waals surface area contributed by atoms with Crippen LogP contribution in [0, 0.1) is 3.57 Å². The highest BCUT2D eigenvalue weighted by atomic mass is 127. The first-order valence-corrected chi connectivity index (χ1v) is 7.38. The molecule has 0 heterocycles. The summed E-state index contributed by atoms with van der Waals surface area (Å²) in [6, 6.07) is 14.3. The van der Waals surface area contributed by atoms with Crippen molar-refractivity contribution >= 4 is 44.2 Å². The zero-order chi connectivity index (χ0) is 13.0. The molecule has 18 heavy (non-hydrogen) atoms. The number of halogens is 2. The maximum Gasteiger partial charge on any atom is 0.119 e. The normalized spacial score (nSPS) is 10.2. The van der Waals surface area contributed by atoms with Crippen LogP contribution in [-0.2, 0) is 6.54 Å². The average Bonchev–Trinajstić information content (AvgIpc) is 2.38. The molecular weight excluding hydrogens is 405 g/mol. The monoisotopic (exact) mass is 417 g/mol. The molecular formula is C14H13BrINO. The van der Waals surface area contributed by atoms with Crippen LogP contribution in [0.25, 0.3) is 0 Å². The maximum absolute atomic E-state index is 5.23. The molecule has 94 valence electrons. The second-order valence-corrected chi connectivity index (χ2v) is 5.92. The van der Waals surface area contributed by atoms with Gasteiger partial charge in [-0.3, -0.25) is 0 Å². The number of rotatable bonds is 4. The highest BCUT2D eigenvalue weighted by Crippen LogP contribution is 2.23. The second kappa shape index (κ2) is 6.43. The SMILES string of the molecule is COc1ccc(Br)c(CNc2cccc(I)c2)c1. The van der Waals surface area contributed by atoms with Crippen LogP contribution in [-0.4, -0.2) is 7.11 Å². The van der Waals surface area contributed by atoms with Gasteiger partial charge in [-0.2, -0.15) is 0 Å². The van der Waals surface area contributed by atoms with Gasteiger partial charge in [-0.1, -0.05) is 22.0 Å². The van der Waals surface area contributed by atoms with Crippen LogP contribution < -0.4 is 10.1 Å². The molecule has 0 aromatic heterocycles. The summed E-state index contributed by atoms with van der Waals surface area (Å²) in [5.74, 6) is 0.873. The first kappa shape index (κ1) is 13.7. The van der Waals surface area contributed by atoms with Gasteiger partial charge in [-0.15, -0.1) is 0 Å². The molecule has 0 aliphatic carbocycles. The van der Waals surface area contributed by atoms with Crippen LogP contribution in [0.4, 0.5) is 5.69 Å². The number of benzene rings is 2. The third-order valence-corrected chi connectivity index (χ3v) is 4.01. The van der Waals surface area contributed by atoms with E-state index in [2.05, 4.69) is 62.0 Å². The molecule has 0 aliphatic heterocycles. The van der Waals surface area contributed by atoms with Gasteiger partial charge in [-0.25, -0.2) is 0 Å². The first-order chi connectivity index (χ1) is 8.69. The van der Waals surface area contributed by atoms with Crippen LogP contribution in [0.3, 0.4) is 0 Å². The van der Waals surface area contributed by atoms with E-state index in [1.165, 1.54) is 9.13 Å². The number of nitrogens with one attached hydrogen (secondary N) is 1. The van der Waals surface area contributed by atoms with Gasteiger partial charge in [0.15, 0.2) is 0 Å². The largest absolute Gasteiger partial charge is 0.497 e. The smallest absolute Gasteiger partial charge is 0.119 e. The average molecular weight is 418 g/mol. The summed E-state index contributed by atoms with van der Waals surface area (Å²) >= 11 is 5.86. The van der Waals surface area contributed by atoms with E-state index in [1.54, 1.807) is 7.11 Å². The van der Waals surface area contributed by atoms with E-state index in [0.717, 1.165) is 22.5 Å². The standard InChI is InChI=1S/C14H13BrINO/c1-18-13-5-6-14(15)10(7-13)9-17-12-4-2-3-11(16)8-12/h2-8,17H,9H2,1H3. The summed E-state index contributed by atoms with van der Waals surface area (Å²) in [5, 5.41) is 3.40. The topological polar surface area (TPSA) is 21.3 Å². The van der Waals surface area contributed by atoms with Gasteiger partial charge in [0, 0.05) is 20.3 Å². The van der Waals surface area contributed by atoms with Crippen molar-refractivity contribution < 1.29 is 4.74 Å². The zero-order valence-corrected chi connectivity index (χ0v) is 13.7. The number of anilines is 1. The molecule has 0 bridgehead atoms. The Hall–Kier alpha value is -0.750. The molecule has 2 nitrogen and oxygen atoms in total. The fourth-order valence-corrected chi connectivity index (χ4v) is 2.54. The molecule has 0 unspecified atom stereocenters. The highest BCUT2D eigenvalue weighted by molar-refractivity contribution is 14.1. The van der Waals surface area contributed by atoms with Crippen LogP contribution in [0.2, 0.25) is 0 Å². The zero-order valence-electron chi connectivity index (χ0n) is 9.91. The summed E-state index contributed by atoms with van der Waals surface area (Å²) in [4.78, 5) is 0. The fourth-order valence-electron chi connectivity index (χ4n) is 1.61. The summed E-state index contributed by atoms with van der Waals surface area (Å²) < 4.78 is 7.54. The minimum atomic E-state index is 0.762. The molecule has 4 heteroatoms. The van der Waals surface area contributed by atoms with Crippen molar-refractivity contribution in [3.63, 3.8) is 0 Å². The lowest BCUT2D eigenvalue weighted by Crippen LogP contribution is -2.00. The van der Waals surface area contributed by atoms with Crippen molar-refractivity contribution in [1.82, 2.24) is 0 Å². The summed E-state index contributed by atoms with van der Waals surface area (Å²) in [5.41, 5.74) is 2.30. The van der Waals surface area contributed by atoms with Crippen LogP contribution in [0.1, 0.15) is 5.56 Å². The summed E-state index contributed by atoms with van der Waals surface area (Å²) in [6.45, 7) is 0.762. The molecule has 0 atom stereocenters. The van der Waals surface area contributed by atoms with E-state index >= 15 is 0 Å². The third-order valence-electron chi connectivity index (χ3n) is 2.56. The van der Waals surface area contributed by atoms with Crippen molar-refractivity contribution in [2.75, 3.05) is 12.4 Å². The second-order valence-electron chi connectivity index (χ2n) is 3.82. The summed E-state index contributed by atoms with van der Waals surface area (Å²) in [6.07, 6.45) is 0. The molecule has 0 aliphatic rings. The molecule has 2 aromatic rings. The molecule has 1 N–H and O–H groups in total. The van der Waals surface area contributed by atoms with Crippen molar-refractivity contribution in [2.45, 2.75) is 6.54 Å². The molecule has 0 saturated heterocycles. The lowest BCUT2D eigenvalue weighted by atomic mass is 10.2. The van der Waals surface area contributed by atoms with E-state index in [9.17, 15) is 0 Å². The Morgan fingerprint density at radius 1 is 1.22 bits per heavy atom. The quantitative estimate of drug-likeness (QED) is 0.729. The lowest BCUT2D eigenvalue weighted by Gasteiger charge is -2.10. The van der Waals surface area contributed by atoms with Crippen molar-refractivity contribution in [3.8, 4) is 5.75 Å². The molecule has 0 saturated carbocycles. The van der Waals surface area contributed by atoms with Crippen molar-refractivity contribution in [1.29, 1.82) is 0 Å². The lowest BCUT2D eigenvalue weighted by molar-refractivity contribution is 0.414. The van der Waals surface area contributed by atoms with Gasteiger partial charge in [-0.05, 0) is 64.6 Å². The van der Waals surface area contributed by atoms with Gasteiger partial charge in [0.25, 0.3) is 0 Å². The van der Waals surface area contributed by atoms with Gasteiger partial charge in [0.1, 0.15) is 5.75 Å². The highest BCUT2D eigenvalue weighted by Gasteiger charge is 2.02. The van der Waals surface area contributed by atoms with Gasteiger partial charge in [0.2, 0.25) is 0 Å². The summed E-state index contributed by atoms with van der Waals surface area (Å²) in [7, 11) is 1.68. The number of methoxy groups -OCH3 is 1. The fraction of sp³-hybridized carbons (Fsp3) is 0.143. The Balaban J connectivity index is 2.10. The van der Waals surface area contributed by atoms with Gasteiger partial charge >= 0.3 is 0 Å². The minimum absolute atomic E-state index is 0.762. The van der Waals surface area contributed by atoms with Gasteiger partial charge < -0.3 is 10.1 Å². The van der Waals surface area contributed by atoms with E-state index in [1.807, 2.05) is 24.3 Å². The van der Waals surface area contributed by atoms with E-state index < -0.39 is 0 Å². The van der Waals surface area contributed by atoms with Crippen LogP contribution >= 0.6 is 38.5 Å². The first-order valence-electron chi connectivity index (χ1n) is 5.51. The van der Waals surface area contributed by atoms with E-state index in [4.69, 9.17) is 4.74 Å². The molecule has 0 fully saturated rings. The molecule has 0 spiro atoms. The minimum Gasteiger partial charge on any atom is -0.497 e. The molecule has 2 aromatic carbocycles. The Morgan fingerprint density at radius 3 is 2.78 bits per heavy atom. The Bertz CT molecular complexity index is 545. The Morgan fingerprint density at radius 2 is 2.06 bits per heavy atom. The van der Waals surface area contributed by atoms with Gasteiger partial charge in [0.05, 0.1) is 7.11 Å². The third kappa shape index (κ3) is 3.62. The number of hydrogen-bond acceptors (Lipinski definition) is 2. The number of ether oxygens (including phenoxy) is 1. The van der Waals surface area contributed by atoms with Crippen LogP contribution in [0.15, 0.2) is 46.9 Å². The molecule has 2 rings (SSSR count). The van der Waals surface area contributed by atoms with Crippen LogP contribution in [0.5, 0.6) is 5.75 Å². The van der Waals surface area contributed by atoms with Crippen molar-refractivity contribution in [3.05, 3.63) is 56.1 Å². The Kier molecular flexibility index (Phi) is 4.88. The maximum atomic E-state index is 5.23. The van der Waals surface area contributed by atoms with Crippen molar-refractivity contribution in [2.24, 2.45) is 0 Å². The molecule has 0 amide bonds. The Labute approximate surface area is 129 Å². The van der Waals surface area contributed by atoms with E-state index in [0.29, 0.717) is 0 Å². The van der Waals surface area contributed by atoms with E-state index in [-0.39, 0.29) is 0 Å². The predicted molar refractivity (Wildman–Crippen MR) is 87.2 cm³/mol.